The van der Waals surface area contributed by atoms with Crippen molar-refractivity contribution in [2.75, 3.05) is 0 Å². The molecule has 0 N–H and O–H groups in total. The van der Waals surface area contributed by atoms with Crippen molar-refractivity contribution in [3.8, 4) is 0 Å². The topological polar surface area (TPSA) is 13.1 Å². The average Bonchev–Trinajstić information content (AvgIpc) is 2.72. The van der Waals surface area contributed by atoms with Crippen LogP contribution in [0.2, 0.25) is 0 Å². The van der Waals surface area contributed by atoms with Crippen molar-refractivity contribution in [2.45, 2.75) is 6.18 Å². The Labute approximate surface area is 94.5 Å². The Morgan fingerprint density at radius 1 is 0.941 bits per heavy atom. The second-order valence-electron chi connectivity index (χ2n) is 3.81. The van der Waals surface area contributed by atoms with Crippen LogP contribution in [0.3, 0.4) is 0 Å². The molecule has 1 nitrogen and oxygen atoms in total. The number of hydrogen-bond donors (Lipinski definition) is 0. The summed E-state index contributed by atoms with van der Waals surface area (Å²) in [5.74, 6) is 0. The molecular formula is C13H7F3O. The highest BCUT2D eigenvalue weighted by Gasteiger charge is 2.35. The van der Waals surface area contributed by atoms with E-state index in [1.165, 1.54) is 0 Å². The lowest BCUT2D eigenvalue weighted by molar-refractivity contribution is -0.136. The highest BCUT2D eigenvalue weighted by Crippen LogP contribution is 2.39. The third kappa shape index (κ3) is 1.48. The van der Waals surface area contributed by atoms with E-state index >= 15 is 0 Å². The summed E-state index contributed by atoms with van der Waals surface area (Å²) >= 11 is 0. The standard InChI is InChI=1S/C13H7F3O/c14-13(15,16)10-7-17-11-6-5-8-3-1-2-4-9(8)12(10)11/h1-7H. The number of fused-ring (bicyclic) bond motifs is 3. The van der Waals surface area contributed by atoms with Crippen molar-refractivity contribution in [1.82, 2.24) is 0 Å². The van der Waals surface area contributed by atoms with E-state index in [1.807, 2.05) is 0 Å². The number of halogens is 3. The van der Waals surface area contributed by atoms with Gasteiger partial charge in [0.05, 0.1) is 0 Å². The lowest BCUT2D eigenvalue weighted by Crippen LogP contribution is -2.03. The van der Waals surface area contributed by atoms with E-state index in [1.54, 1.807) is 36.4 Å². The van der Waals surface area contributed by atoms with Crippen LogP contribution < -0.4 is 0 Å². The fraction of sp³-hybridized carbons (Fsp3) is 0.0769. The summed E-state index contributed by atoms with van der Waals surface area (Å²) < 4.78 is 43.4. The average molecular weight is 236 g/mol. The largest absolute Gasteiger partial charge is 0.464 e. The van der Waals surface area contributed by atoms with E-state index in [0.717, 1.165) is 11.6 Å². The second-order valence-corrected chi connectivity index (χ2v) is 3.81. The van der Waals surface area contributed by atoms with Gasteiger partial charge in [0.2, 0.25) is 0 Å². The Kier molecular flexibility index (Phi) is 1.96. The highest BCUT2D eigenvalue weighted by atomic mass is 19.4. The molecule has 0 atom stereocenters. The molecule has 3 rings (SSSR count). The molecule has 0 aliphatic heterocycles. The van der Waals surface area contributed by atoms with E-state index in [-0.39, 0.29) is 11.0 Å². The Balaban J connectivity index is 2.51. The van der Waals surface area contributed by atoms with E-state index in [2.05, 4.69) is 0 Å². The Hall–Kier alpha value is -1.97. The molecule has 0 spiro atoms. The summed E-state index contributed by atoms with van der Waals surface area (Å²) in [6, 6.07) is 10.3. The Morgan fingerprint density at radius 2 is 1.71 bits per heavy atom. The van der Waals surface area contributed by atoms with Crippen molar-refractivity contribution in [3.63, 3.8) is 0 Å². The highest BCUT2D eigenvalue weighted by molar-refractivity contribution is 6.07. The number of rotatable bonds is 0. The molecule has 0 bridgehead atoms. The molecule has 0 unspecified atom stereocenters. The minimum absolute atomic E-state index is 0.135. The van der Waals surface area contributed by atoms with Crippen LogP contribution in [0.4, 0.5) is 13.2 Å². The monoisotopic (exact) mass is 236 g/mol. The zero-order valence-corrected chi connectivity index (χ0v) is 8.58. The maximum absolute atomic E-state index is 12.8. The van der Waals surface area contributed by atoms with Crippen LogP contribution in [-0.4, -0.2) is 0 Å². The van der Waals surface area contributed by atoms with Gasteiger partial charge in [0.1, 0.15) is 17.4 Å². The van der Waals surface area contributed by atoms with Crippen LogP contribution in [0.25, 0.3) is 21.7 Å². The summed E-state index contributed by atoms with van der Waals surface area (Å²) in [6.45, 7) is 0. The van der Waals surface area contributed by atoms with Crippen molar-refractivity contribution in [3.05, 3.63) is 48.2 Å². The van der Waals surface area contributed by atoms with Gasteiger partial charge in [-0.3, -0.25) is 0 Å². The normalized spacial score (nSPS) is 12.4. The summed E-state index contributed by atoms with van der Waals surface area (Å²) in [4.78, 5) is 0. The number of furan rings is 1. The first-order valence-corrected chi connectivity index (χ1v) is 5.03. The molecular weight excluding hydrogens is 229 g/mol. The summed E-state index contributed by atoms with van der Waals surface area (Å²) in [6.07, 6.45) is -3.62. The van der Waals surface area contributed by atoms with Gasteiger partial charge < -0.3 is 4.42 Å². The fourth-order valence-corrected chi connectivity index (χ4v) is 2.02. The molecule has 0 saturated carbocycles. The molecule has 2 aromatic carbocycles. The summed E-state index contributed by atoms with van der Waals surface area (Å²) in [5, 5.41) is 1.47. The molecule has 86 valence electrons. The van der Waals surface area contributed by atoms with Crippen molar-refractivity contribution >= 4 is 21.7 Å². The lowest BCUT2D eigenvalue weighted by atomic mass is 10.0. The van der Waals surface area contributed by atoms with Gasteiger partial charge in [0.25, 0.3) is 0 Å². The maximum atomic E-state index is 12.8. The van der Waals surface area contributed by atoms with Crippen LogP contribution in [0, 0.1) is 0 Å². The minimum Gasteiger partial charge on any atom is -0.464 e. The van der Waals surface area contributed by atoms with E-state index in [9.17, 15) is 13.2 Å². The zero-order valence-electron chi connectivity index (χ0n) is 8.58. The van der Waals surface area contributed by atoms with Gasteiger partial charge in [-0.25, -0.2) is 0 Å². The van der Waals surface area contributed by atoms with Gasteiger partial charge in [0.15, 0.2) is 0 Å². The third-order valence-corrected chi connectivity index (χ3v) is 2.77. The molecule has 0 saturated heterocycles. The molecule has 0 radical (unpaired) electrons. The predicted octanol–water partition coefficient (Wildman–Crippen LogP) is 4.60. The zero-order chi connectivity index (χ0) is 12.0. The molecule has 4 heteroatoms. The predicted molar refractivity (Wildman–Crippen MR) is 58.7 cm³/mol. The van der Waals surface area contributed by atoms with Crippen molar-refractivity contribution < 1.29 is 17.6 Å². The number of alkyl halides is 3. The van der Waals surface area contributed by atoms with Crippen LogP contribution >= 0.6 is 0 Å². The van der Waals surface area contributed by atoms with Crippen LogP contribution in [0.15, 0.2) is 47.1 Å². The van der Waals surface area contributed by atoms with Crippen LogP contribution in [0.1, 0.15) is 5.56 Å². The molecule has 17 heavy (non-hydrogen) atoms. The van der Waals surface area contributed by atoms with E-state index in [4.69, 9.17) is 4.42 Å². The van der Waals surface area contributed by atoms with Gasteiger partial charge in [-0.1, -0.05) is 30.3 Å². The fourth-order valence-electron chi connectivity index (χ4n) is 2.02. The van der Waals surface area contributed by atoms with Gasteiger partial charge in [0, 0.05) is 5.39 Å². The number of benzene rings is 2. The number of hydrogen-bond acceptors (Lipinski definition) is 1. The molecule has 0 aliphatic rings. The van der Waals surface area contributed by atoms with Crippen LogP contribution in [0.5, 0.6) is 0 Å². The minimum atomic E-state index is -4.39. The van der Waals surface area contributed by atoms with Gasteiger partial charge in [-0.15, -0.1) is 0 Å². The first kappa shape index (κ1) is 10.2. The quantitative estimate of drug-likeness (QED) is 0.555. The molecule has 0 amide bonds. The summed E-state index contributed by atoms with van der Waals surface area (Å²) in [7, 11) is 0. The van der Waals surface area contributed by atoms with Crippen LogP contribution in [-0.2, 0) is 6.18 Å². The molecule has 3 aromatic rings. The van der Waals surface area contributed by atoms with Gasteiger partial charge >= 0.3 is 6.18 Å². The summed E-state index contributed by atoms with van der Waals surface area (Å²) in [5.41, 5.74) is -0.458. The molecule has 1 aromatic heterocycles. The molecule has 1 heterocycles. The lowest BCUT2D eigenvalue weighted by Gasteiger charge is -2.05. The van der Waals surface area contributed by atoms with Gasteiger partial charge in [-0.05, 0) is 16.8 Å². The molecule has 0 fully saturated rings. The first-order chi connectivity index (χ1) is 8.07. The van der Waals surface area contributed by atoms with Crippen molar-refractivity contribution in [1.29, 1.82) is 0 Å². The van der Waals surface area contributed by atoms with E-state index in [0.29, 0.717) is 5.39 Å². The van der Waals surface area contributed by atoms with E-state index < -0.39 is 11.7 Å². The third-order valence-electron chi connectivity index (χ3n) is 2.77. The van der Waals surface area contributed by atoms with Crippen molar-refractivity contribution in [2.24, 2.45) is 0 Å². The van der Waals surface area contributed by atoms with Gasteiger partial charge in [-0.2, -0.15) is 13.2 Å². The Morgan fingerprint density at radius 3 is 2.47 bits per heavy atom. The molecule has 0 aliphatic carbocycles. The SMILES string of the molecule is FC(F)(F)c1coc2ccc3ccccc3c12. The maximum Gasteiger partial charge on any atom is 0.420 e. The smallest absolute Gasteiger partial charge is 0.420 e. The first-order valence-electron chi connectivity index (χ1n) is 5.03. The Bertz CT molecular complexity index is 695. The second kappa shape index (κ2) is 3.26.